The minimum absolute atomic E-state index is 0.157. The second-order valence-electron chi connectivity index (χ2n) is 3.89. The molecular formula is C15H12Cl2O2. The Balaban J connectivity index is 2.41. The Morgan fingerprint density at radius 2 is 1.79 bits per heavy atom. The molecule has 0 amide bonds. The van der Waals surface area contributed by atoms with Crippen LogP contribution in [-0.4, -0.2) is 12.4 Å². The standard InChI is InChI=1S/C15H12Cl2O2/c1-2-19-14-9-12(16)11(8-13(14)17)15(18)10-6-4-3-5-7-10/h3-9H,2H2,1H3. The van der Waals surface area contributed by atoms with Crippen molar-refractivity contribution in [3.63, 3.8) is 0 Å². The fourth-order valence-electron chi connectivity index (χ4n) is 1.71. The highest BCUT2D eigenvalue weighted by Crippen LogP contribution is 2.32. The van der Waals surface area contributed by atoms with Gasteiger partial charge in [0.2, 0.25) is 0 Å². The van der Waals surface area contributed by atoms with Crippen molar-refractivity contribution in [1.29, 1.82) is 0 Å². The summed E-state index contributed by atoms with van der Waals surface area (Å²) in [6.45, 7) is 2.34. The number of carbonyl (C=O) groups excluding carboxylic acids is 1. The number of rotatable bonds is 4. The van der Waals surface area contributed by atoms with Gasteiger partial charge in [0.05, 0.1) is 16.7 Å². The molecule has 0 saturated carbocycles. The first-order valence-electron chi connectivity index (χ1n) is 5.85. The van der Waals surface area contributed by atoms with Gasteiger partial charge in [0.15, 0.2) is 5.78 Å². The van der Waals surface area contributed by atoms with Crippen molar-refractivity contribution in [3.8, 4) is 5.75 Å². The summed E-state index contributed by atoms with van der Waals surface area (Å²) in [5.41, 5.74) is 0.950. The fraction of sp³-hybridized carbons (Fsp3) is 0.133. The molecule has 2 aromatic carbocycles. The SMILES string of the molecule is CCOc1cc(Cl)c(C(=O)c2ccccc2)cc1Cl. The van der Waals surface area contributed by atoms with E-state index in [1.165, 1.54) is 0 Å². The Morgan fingerprint density at radius 1 is 1.11 bits per heavy atom. The van der Waals surface area contributed by atoms with Crippen LogP contribution in [0, 0.1) is 0 Å². The summed E-state index contributed by atoms with van der Waals surface area (Å²) in [5.74, 6) is 0.328. The zero-order valence-corrected chi connectivity index (χ0v) is 11.8. The molecule has 2 nitrogen and oxygen atoms in total. The van der Waals surface area contributed by atoms with Crippen LogP contribution in [0.3, 0.4) is 0 Å². The van der Waals surface area contributed by atoms with E-state index in [4.69, 9.17) is 27.9 Å². The molecule has 4 heteroatoms. The number of ether oxygens (including phenoxy) is 1. The molecule has 0 aliphatic rings. The molecule has 0 aromatic heterocycles. The molecule has 0 bridgehead atoms. The van der Waals surface area contributed by atoms with Gasteiger partial charge < -0.3 is 4.74 Å². The van der Waals surface area contributed by atoms with E-state index < -0.39 is 0 Å². The third-order valence-corrected chi connectivity index (χ3v) is 3.21. The second kappa shape index (κ2) is 6.09. The smallest absolute Gasteiger partial charge is 0.194 e. The van der Waals surface area contributed by atoms with Crippen LogP contribution in [0.5, 0.6) is 5.75 Å². The van der Waals surface area contributed by atoms with Gasteiger partial charge in [-0.05, 0) is 13.0 Å². The molecule has 98 valence electrons. The van der Waals surface area contributed by atoms with Gasteiger partial charge in [0.25, 0.3) is 0 Å². The molecule has 2 rings (SSSR count). The van der Waals surface area contributed by atoms with E-state index in [-0.39, 0.29) is 5.78 Å². The van der Waals surface area contributed by atoms with Crippen LogP contribution in [0.1, 0.15) is 22.8 Å². The van der Waals surface area contributed by atoms with Crippen LogP contribution < -0.4 is 4.74 Å². The van der Waals surface area contributed by atoms with E-state index in [9.17, 15) is 4.79 Å². The summed E-state index contributed by atoms with van der Waals surface area (Å²) in [7, 11) is 0. The minimum Gasteiger partial charge on any atom is -0.492 e. The number of carbonyl (C=O) groups is 1. The zero-order valence-electron chi connectivity index (χ0n) is 10.3. The topological polar surface area (TPSA) is 26.3 Å². The Labute approximate surface area is 121 Å². The molecule has 0 N–H and O–H groups in total. The molecule has 0 radical (unpaired) electrons. The van der Waals surface area contributed by atoms with Crippen LogP contribution in [0.4, 0.5) is 0 Å². The van der Waals surface area contributed by atoms with E-state index in [0.717, 1.165) is 0 Å². The molecule has 0 heterocycles. The second-order valence-corrected chi connectivity index (χ2v) is 4.71. The predicted octanol–water partition coefficient (Wildman–Crippen LogP) is 4.62. The maximum Gasteiger partial charge on any atom is 0.194 e. The molecule has 0 spiro atoms. The van der Waals surface area contributed by atoms with Crippen molar-refractivity contribution >= 4 is 29.0 Å². The van der Waals surface area contributed by atoms with Gasteiger partial charge in [-0.3, -0.25) is 4.79 Å². The number of halogens is 2. The van der Waals surface area contributed by atoms with Crippen LogP contribution in [0.2, 0.25) is 10.0 Å². The first-order chi connectivity index (χ1) is 9.13. The molecule has 2 aromatic rings. The molecule has 0 unspecified atom stereocenters. The molecule has 19 heavy (non-hydrogen) atoms. The minimum atomic E-state index is -0.157. The van der Waals surface area contributed by atoms with Gasteiger partial charge >= 0.3 is 0 Å². The highest BCUT2D eigenvalue weighted by molar-refractivity contribution is 6.37. The molecule has 0 fully saturated rings. The molecule has 0 atom stereocenters. The van der Waals surface area contributed by atoms with Crippen LogP contribution in [-0.2, 0) is 0 Å². The van der Waals surface area contributed by atoms with Crippen molar-refractivity contribution in [3.05, 3.63) is 63.6 Å². The lowest BCUT2D eigenvalue weighted by atomic mass is 10.0. The first kappa shape index (κ1) is 13.9. The van der Waals surface area contributed by atoms with E-state index in [0.29, 0.717) is 33.5 Å². The monoisotopic (exact) mass is 294 g/mol. The van der Waals surface area contributed by atoms with Crippen LogP contribution >= 0.6 is 23.2 Å². The van der Waals surface area contributed by atoms with E-state index in [1.54, 1.807) is 36.4 Å². The summed E-state index contributed by atoms with van der Waals surface area (Å²) in [6.07, 6.45) is 0. The van der Waals surface area contributed by atoms with Crippen LogP contribution in [0.25, 0.3) is 0 Å². The Hall–Kier alpha value is -1.51. The summed E-state index contributed by atoms with van der Waals surface area (Å²) < 4.78 is 5.33. The zero-order chi connectivity index (χ0) is 13.8. The number of ketones is 1. The first-order valence-corrected chi connectivity index (χ1v) is 6.60. The molecular weight excluding hydrogens is 283 g/mol. The van der Waals surface area contributed by atoms with Crippen molar-refractivity contribution in [2.75, 3.05) is 6.61 Å². The van der Waals surface area contributed by atoms with Gasteiger partial charge in [-0.1, -0.05) is 53.5 Å². The quantitative estimate of drug-likeness (QED) is 0.769. The predicted molar refractivity (Wildman–Crippen MR) is 77.5 cm³/mol. The number of hydrogen-bond acceptors (Lipinski definition) is 2. The fourth-order valence-corrected chi connectivity index (χ4v) is 2.17. The van der Waals surface area contributed by atoms with Crippen molar-refractivity contribution in [2.24, 2.45) is 0 Å². The summed E-state index contributed by atoms with van der Waals surface area (Å²) in [4.78, 5) is 12.3. The lowest BCUT2D eigenvalue weighted by Crippen LogP contribution is -2.03. The van der Waals surface area contributed by atoms with Crippen molar-refractivity contribution in [1.82, 2.24) is 0 Å². The van der Waals surface area contributed by atoms with Gasteiger partial charge in [-0.15, -0.1) is 0 Å². The van der Waals surface area contributed by atoms with E-state index >= 15 is 0 Å². The summed E-state index contributed by atoms with van der Waals surface area (Å²) >= 11 is 12.2. The normalized spacial score (nSPS) is 10.3. The maximum atomic E-state index is 12.3. The maximum absolute atomic E-state index is 12.3. The molecule has 0 aliphatic carbocycles. The highest BCUT2D eigenvalue weighted by atomic mass is 35.5. The van der Waals surface area contributed by atoms with Crippen molar-refractivity contribution in [2.45, 2.75) is 6.92 Å². The van der Waals surface area contributed by atoms with Crippen LogP contribution in [0.15, 0.2) is 42.5 Å². The van der Waals surface area contributed by atoms with Gasteiger partial charge in [0.1, 0.15) is 5.75 Å². The Bertz CT molecular complexity index is 595. The highest BCUT2D eigenvalue weighted by Gasteiger charge is 2.16. The molecule has 0 saturated heterocycles. The van der Waals surface area contributed by atoms with Gasteiger partial charge in [-0.2, -0.15) is 0 Å². The Kier molecular flexibility index (Phi) is 4.46. The average Bonchev–Trinajstić information content (AvgIpc) is 2.43. The third kappa shape index (κ3) is 3.09. The summed E-state index contributed by atoms with van der Waals surface area (Å²) in [5, 5.41) is 0.715. The van der Waals surface area contributed by atoms with E-state index in [2.05, 4.69) is 0 Å². The van der Waals surface area contributed by atoms with E-state index in [1.807, 2.05) is 13.0 Å². The van der Waals surface area contributed by atoms with Gasteiger partial charge in [-0.25, -0.2) is 0 Å². The number of hydrogen-bond donors (Lipinski definition) is 0. The largest absolute Gasteiger partial charge is 0.492 e. The third-order valence-electron chi connectivity index (χ3n) is 2.60. The van der Waals surface area contributed by atoms with Gasteiger partial charge in [0, 0.05) is 17.2 Å². The lowest BCUT2D eigenvalue weighted by molar-refractivity contribution is 0.103. The number of benzene rings is 2. The summed E-state index contributed by atoms with van der Waals surface area (Å²) in [6, 6.07) is 12.1. The lowest BCUT2D eigenvalue weighted by Gasteiger charge is -2.09. The van der Waals surface area contributed by atoms with Crippen molar-refractivity contribution < 1.29 is 9.53 Å². The average molecular weight is 295 g/mol. The Morgan fingerprint density at radius 3 is 2.42 bits per heavy atom. The molecule has 0 aliphatic heterocycles.